The first-order valence-electron chi connectivity index (χ1n) is 15.4. The van der Waals surface area contributed by atoms with Gasteiger partial charge < -0.3 is 56.5 Å². The SMILES string of the molecule is NC1=NC(O)c2ncn([C@@H]3O[C@H](COP(=O)(O)OCCSCCOP(=O)(O)OC[C@H]4O[C@@H](n5cnc6c(=O)[nH]c(N)nc65)[C@H](O)[C@@H]4O)C[C@H]3O)c2N1. The van der Waals surface area contributed by atoms with Crippen LogP contribution in [0.5, 0.6) is 0 Å². The highest BCUT2D eigenvalue weighted by Gasteiger charge is 2.45. The number of nitrogens with one attached hydrogen (secondary N) is 2. The summed E-state index contributed by atoms with van der Waals surface area (Å²) in [6.45, 7) is -1.55. The van der Waals surface area contributed by atoms with Crippen molar-refractivity contribution >= 4 is 56.3 Å². The summed E-state index contributed by atoms with van der Waals surface area (Å²) in [5.74, 6) is 0.325. The molecule has 3 unspecified atom stereocenters. The van der Waals surface area contributed by atoms with Gasteiger partial charge in [0.05, 0.1) is 45.2 Å². The van der Waals surface area contributed by atoms with Gasteiger partial charge in [0.25, 0.3) is 5.56 Å². The number of hydrogen-bond acceptors (Lipinski definition) is 21. The zero-order valence-corrected chi connectivity index (χ0v) is 29.3. The molecule has 2 saturated heterocycles. The Balaban J connectivity index is 0.863. The van der Waals surface area contributed by atoms with E-state index in [4.69, 9.17) is 39.0 Å². The predicted molar refractivity (Wildman–Crippen MR) is 176 cm³/mol. The maximum atomic E-state index is 12.4. The van der Waals surface area contributed by atoms with Gasteiger partial charge in [-0.15, -0.1) is 0 Å². The summed E-state index contributed by atoms with van der Waals surface area (Å²) in [6.07, 6.45) is -7.22. The number of aliphatic hydroxyl groups excluding tert-OH is 4. The molecule has 2 fully saturated rings. The third-order valence-corrected chi connectivity index (χ3v) is 10.7. The zero-order valence-electron chi connectivity index (χ0n) is 26.7. The van der Waals surface area contributed by atoms with E-state index in [9.17, 15) is 44.1 Å². The van der Waals surface area contributed by atoms with Crippen molar-refractivity contribution in [2.45, 2.75) is 55.6 Å². The van der Waals surface area contributed by atoms with E-state index in [1.807, 2.05) is 0 Å². The van der Waals surface area contributed by atoms with Gasteiger partial charge in [-0.3, -0.25) is 37.0 Å². The molecular weight excluding hydrogens is 762 g/mol. The van der Waals surface area contributed by atoms with Crippen LogP contribution in [-0.4, -0.2) is 134 Å². The highest BCUT2D eigenvalue weighted by Crippen LogP contribution is 2.46. The van der Waals surface area contributed by atoms with Crippen molar-refractivity contribution in [3.05, 3.63) is 28.7 Å². The van der Waals surface area contributed by atoms with Crippen LogP contribution in [0.25, 0.3) is 11.2 Å². The maximum absolute atomic E-state index is 12.4. The first-order chi connectivity index (χ1) is 24.6. The molecule has 3 aliphatic heterocycles. The van der Waals surface area contributed by atoms with Gasteiger partial charge in [-0.1, -0.05) is 0 Å². The van der Waals surface area contributed by atoms with Gasteiger partial charge in [-0.05, 0) is 0 Å². The molecule has 10 atom stereocenters. The van der Waals surface area contributed by atoms with Crippen LogP contribution in [0.15, 0.2) is 22.4 Å². The first kappa shape index (κ1) is 38.7. The number of nitrogens with zero attached hydrogens (tertiary/aromatic N) is 6. The Kier molecular flexibility index (Phi) is 11.7. The van der Waals surface area contributed by atoms with Gasteiger partial charge in [0.15, 0.2) is 35.8 Å². The van der Waals surface area contributed by atoms with Gasteiger partial charge in [0.2, 0.25) is 5.95 Å². The van der Waals surface area contributed by atoms with Crippen molar-refractivity contribution in [1.82, 2.24) is 29.1 Å². The first-order valence-corrected chi connectivity index (χ1v) is 19.5. The number of nitrogen functional groups attached to an aromatic ring is 1. The molecule has 0 aromatic carbocycles. The molecule has 3 aromatic heterocycles. The van der Waals surface area contributed by atoms with Crippen LogP contribution in [0.3, 0.4) is 0 Å². The summed E-state index contributed by atoms with van der Waals surface area (Å²) >= 11 is 1.16. The predicted octanol–water partition coefficient (Wildman–Crippen LogP) is -2.40. The van der Waals surface area contributed by atoms with Gasteiger partial charge in [-0.25, -0.2) is 24.1 Å². The van der Waals surface area contributed by atoms with Crippen LogP contribution < -0.4 is 22.3 Å². The Labute approximate surface area is 296 Å². The number of aromatic amines is 1. The molecule has 52 heavy (non-hydrogen) atoms. The minimum Gasteiger partial charge on any atom is -0.388 e. The molecule has 6 rings (SSSR count). The number of aromatic nitrogens is 6. The van der Waals surface area contributed by atoms with Crippen LogP contribution >= 0.6 is 27.4 Å². The van der Waals surface area contributed by atoms with E-state index in [0.717, 1.165) is 18.1 Å². The standard InChI is InChI=1S/C24H36N10O15P2S/c25-23-29-17-13(19(38)31-23)27-8-33(17)21-11(35)5-10(48-21)6-46-50(40,41)44-1-3-52-4-2-45-51(42,43)47-7-12-15(36)16(37)22(49-12)34-9-28-14-18(34)30-24(26)32-20(14)39/h8-12,15-16,19,21-22,35-38H,1-7H2,(H,40,41)(H,42,43)(H3,25,29,31)(H3,26,30,32,39)/t10-,11+,12+,15+,16+,19?,21+,22+/m0/s1. The molecule has 3 aliphatic rings. The van der Waals surface area contributed by atoms with Gasteiger partial charge in [-0.2, -0.15) is 16.7 Å². The van der Waals surface area contributed by atoms with Crippen LogP contribution in [0.1, 0.15) is 30.8 Å². The fourth-order valence-corrected chi connectivity index (χ4v) is 7.83. The number of hydrogen-bond donors (Lipinski definition) is 10. The minimum atomic E-state index is -4.64. The summed E-state index contributed by atoms with van der Waals surface area (Å²) in [4.78, 5) is 50.2. The lowest BCUT2D eigenvalue weighted by Crippen LogP contribution is -2.33. The number of aliphatic imine (C=N–C) groups is 1. The topological polar surface area (TPSA) is 369 Å². The third-order valence-electron chi connectivity index (χ3n) is 7.87. The number of guanidine groups is 1. The van der Waals surface area contributed by atoms with Crippen molar-refractivity contribution in [3.8, 4) is 0 Å². The number of H-pyrrole nitrogens is 1. The van der Waals surface area contributed by atoms with E-state index >= 15 is 0 Å². The lowest BCUT2D eigenvalue weighted by atomic mass is 10.1. The van der Waals surface area contributed by atoms with Crippen molar-refractivity contribution in [2.75, 3.05) is 49.0 Å². The van der Waals surface area contributed by atoms with E-state index < -0.39 is 77.0 Å². The highest BCUT2D eigenvalue weighted by molar-refractivity contribution is 7.99. The summed E-state index contributed by atoms with van der Waals surface area (Å²) in [7, 11) is -9.15. The molecule has 0 amide bonds. The number of ether oxygens (including phenoxy) is 2. The number of phosphoric acid groups is 2. The average molecular weight is 799 g/mol. The summed E-state index contributed by atoms with van der Waals surface area (Å²) < 4.78 is 58.6. The van der Waals surface area contributed by atoms with Crippen LogP contribution in [0.4, 0.5) is 11.8 Å². The molecule has 3 aromatic rings. The van der Waals surface area contributed by atoms with Crippen LogP contribution in [0, 0.1) is 0 Å². The number of fused-ring (bicyclic) bond motifs is 2. The molecule has 25 nitrogen and oxygen atoms in total. The van der Waals surface area contributed by atoms with E-state index in [1.54, 1.807) is 0 Å². The molecule has 28 heteroatoms. The molecule has 12 N–H and O–H groups in total. The second-order valence-electron chi connectivity index (χ2n) is 11.5. The molecule has 288 valence electrons. The smallest absolute Gasteiger partial charge is 0.388 e. The van der Waals surface area contributed by atoms with Gasteiger partial charge in [0.1, 0.15) is 35.9 Å². The molecule has 0 aliphatic carbocycles. The molecule has 6 heterocycles. The third kappa shape index (κ3) is 8.67. The number of aliphatic hydroxyl groups is 4. The van der Waals surface area contributed by atoms with Crippen molar-refractivity contribution < 1.29 is 66.9 Å². The monoisotopic (exact) mass is 798 g/mol. The zero-order chi connectivity index (χ0) is 37.4. The second-order valence-corrected chi connectivity index (χ2v) is 15.6. The van der Waals surface area contributed by atoms with Crippen LogP contribution in [0.2, 0.25) is 0 Å². The van der Waals surface area contributed by atoms with Gasteiger partial charge in [0, 0.05) is 17.9 Å². The van der Waals surface area contributed by atoms with Crippen molar-refractivity contribution in [2.24, 2.45) is 10.7 Å². The fraction of sp³-hybridized carbons (Fsp3) is 0.625. The number of phosphoric ester groups is 2. The van der Waals surface area contributed by atoms with Crippen molar-refractivity contribution in [3.63, 3.8) is 0 Å². The Bertz CT molecular complexity index is 1930. The fourth-order valence-electron chi connectivity index (χ4n) is 5.49. The molecular formula is C24H36N10O15P2S. The second kappa shape index (κ2) is 15.7. The van der Waals surface area contributed by atoms with E-state index in [0.29, 0.717) is 0 Å². The molecule has 0 saturated carbocycles. The number of thioether (sulfide) groups is 1. The number of anilines is 2. The number of nitrogens with two attached hydrogens (primary N) is 2. The van der Waals surface area contributed by atoms with E-state index in [1.165, 1.54) is 15.5 Å². The Morgan fingerprint density at radius 2 is 1.60 bits per heavy atom. The molecule has 0 spiro atoms. The van der Waals surface area contributed by atoms with E-state index in [2.05, 4.69) is 30.2 Å². The minimum absolute atomic E-state index is 0.0189. The lowest BCUT2D eigenvalue weighted by molar-refractivity contribution is -0.0512. The highest BCUT2D eigenvalue weighted by atomic mass is 32.2. The number of rotatable bonds is 16. The lowest BCUT2D eigenvalue weighted by Gasteiger charge is -2.22. The maximum Gasteiger partial charge on any atom is 0.472 e. The normalized spacial score (nSPS) is 29.8. The molecule has 0 radical (unpaired) electrons. The van der Waals surface area contributed by atoms with Crippen LogP contribution in [-0.2, 0) is 36.7 Å². The summed E-state index contributed by atoms with van der Waals surface area (Å²) in [6, 6.07) is 0. The average Bonchev–Trinajstić information content (AvgIpc) is 3.84. The van der Waals surface area contributed by atoms with Crippen molar-refractivity contribution in [1.29, 1.82) is 0 Å². The Morgan fingerprint density at radius 3 is 2.31 bits per heavy atom. The Hall–Kier alpha value is -3.04. The summed E-state index contributed by atoms with van der Waals surface area (Å²) in [5.41, 5.74) is 10.7. The van der Waals surface area contributed by atoms with E-state index in [-0.39, 0.29) is 72.3 Å². The largest absolute Gasteiger partial charge is 0.472 e. The number of imidazole rings is 2. The Morgan fingerprint density at radius 1 is 0.923 bits per heavy atom. The summed E-state index contributed by atoms with van der Waals surface area (Å²) in [5, 5.41) is 44.3. The van der Waals surface area contributed by atoms with Gasteiger partial charge >= 0.3 is 15.6 Å². The molecule has 0 bridgehead atoms. The quantitative estimate of drug-likeness (QED) is 0.0533.